The molecule has 0 heterocycles. The fourth-order valence-electron chi connectivity index (χ4n) is 2.32. The highest BCUT2D eigenvalue weighted by molar-refractivity contribution is 5.62. The number of ether oxygens (including phenoxy) is 2. The first-order valence-corrected chi connectivity index (χ1v) is 8.67. The highest BCUT2D eigenvalue weighted by Crippen LogP contribution is 2.32. The van der Waals surface area contributed by atoms with Crippen molar-refractivity contribution in [3.05, 3.63) is 39.1 Å². The number of hydrogen-bond donors (Lipinski definition) is 0. The van der Waals surface area contributed by atoms with E-state index in [1.165, 1.54) is 0 Å². The minimum Gasteiger partial charge on any atom is -0.496 e. The monoisotopic (exact) mass is 337 g/mol. The van der Waals surface area contributed by atoms with Crippen LogP contribution in [0.3, 0.4) is 0 Å². The summed E-state index contributed by atoms with van der Waals surface area (Å²) in [6.45, 7) is 7.92. The number of benzene rings is 1. The Labute approximate surface area is 145 Å². The Bertz CT molecular complexity index is 538. The quantitative estimate of drug-likeness (QED) is 0.339. The molecule has 0 bridgehead atoms. The van der Waals surface area contributed by atoms with Crippen molar-refractivity contribution in [1.29, 1.82) is 0 Å². The Balaban J connectivity index is 0.00000254. The second-order valence-electron chi connectivity index (χ2n) is 5.11. The van der Waals surface area contributed by atoms with Crippen molar-refractivity contribution in [3.8, 4) is 11.5 Å². The summed E-state index contributed by atoms with van der Waals surface area (Å²) in [6.07, 6.45) is 6.22. The zero-order valence-corrected chi connectivity index (χ0v) is 15.8. The topological polar surface area (TPSA) is 61.6 Å². The van der Waals surface area contributed by atoms with Gasteiger partial charge in [-0.05, 0) is 30.5 Å². The van der Waals surface area contributed by atoms with E-state index in [9.17, 15) is 10.1 Å². The molecule has 0 fully saturated rings. The van der Waals surface area contributed by atoms with Gasteiger partial charge in [-0.3, -0.25) is 10.1 Å². The Morgan fingerprint density at radius 2 is 1.75 bits per heavy atom. The highest BCUT2D eigenvalue weighted by atomic mass is 16.6. The molecule has 0 amide bonds. The fourth-order valence-corrected chi connectivity index (χ4v) is 2.32. The molecule has 5 heteroatoms. The standard InChI is InChI=1S/C17H25NO4.C2H6/c1-5-7-8-9-13-11-17(22-4)14(12-16(13)21-3)10-15(6-2)18(19)20;1-2/h10-12H,5-9H2,1-4H3;1-2H3/b15-10+;. The molecule has 136 valence electrons. The summed E-state index contributed by atoms with van der Waals surface area (Å²) < 4.78 is 10.8. The van der Waals surface area contributed by atoms with Crippen LogP contribution < -0.4 is 9.47 Å². The Kier molecular flexibility index (Phi) is 11.3. The summed E-state index contributed by atoms with van der Waals surface area (Å²) in [5.74, 6) is 1.39. The summed E-state index contributed by atoms with van der Waals surface area (Å²) in [5, 5.41) is 11.0. The molecular formula is C19H31NO4. The molecular weight excluding hydrogens is 306 g/mol. The van der Waals surface area contributed by atoms with Gasteiger partial charge in [0.25, 0.3) is 0 Å². The van der Waals surface area contributed by atoms with E-state index >= 15 is 0 Å². The van der Waals surface area contributed by atoms with E-state index in [0.717, 1.165) is 37.0 Å². The number of hydrogen-bond acceptors (Lipinski definition) is 4. The maximum Gasteiger partial charge on any atom is 0.246 e. The van der Waals surface area contributed by atoms with Gasteiger partial charge in [-0.15, -0.1) is 0 Å². The van der Waals surface area contributed by atoms with Gasteiger partial charge in [-0.25, -0.2) is 0 Å². The second kappa shape index (κ2) is 12.4. The van der Waals surface area contributed by atoms with Crippen LogP contribution >= 0.6 is 0 Å². The van der Waals surface area contributed by atoms with E-state index in [1.807, 2.05) is 26.0 Å². The number of methoxy groups -OCH3 is 2. The first kappa shape index (κ1) is 22.0. The lowest BCUT2D eigenvalue weighted by Crippen LogP contribution is -2.00. The molecule has 0 aliphatic heterocycles. The minimum absolute atomic E-state index is 0.152. The molecule has 0 spiro atoms. The van der Waals surface area contributed by atoms with E-state index in [2.05, 4.69) is 6.92 Å². The van der Waals surface area contributed by atoms with Gasteiger partial charge in [-0.1, -0.05) is 40.5 Å². The van der Waals surface area contributed by atoms with E-state index in [-0.39, 0.29) is 10.6 Å². The van der Waals surface area contributed by atoms with Gasteiger partial charge in [0.2, 0.25) is 5.70 Å². The molecule has 0 aromatic heterocycles. The molecule has 1 aromatic rings. The van der Waals surface area contributed by atoms with Crippen molar-refractivity contribution in [2.24, 2.45) is 0 Å². The Hall–Kier alpha value is -2.04. The normalized spacial score (nSPS) is 10.7. The van der Waals surface area contributed by atoms with Crippen molar-refractivity contribution in [2.75, 3.05) is 14.2 Å². The average Bonchev–Trinajstić information content (AvgIpc) is 2.61. The predicted octanol–water partition coefficient (Wildman–Crippen LogP) is 5.49. The molecule has 24 heavy (non-hydrogen) atoms. The first-order valence-electron chi connectivity index (χ1n) is 8.67. The number of allylic oxidation sites excluding steroid dienone is 1. The molecule has 0 aliphatic carbocycles. The lowest BCUT2D eigenvalue weighted by molar-refractivity contribution is -0.425. The van der Waals surface area contributed by atoms with Crippen LogP contribution in [0.5, 0.6) is 11.5 Å². The summed E-state index contributed by atoms with van der Waals surface area (Å²) in [6, 6.07) is 3.74. The number of rotatable bonds is 9. The van der Waals surface area contributed by atoms with Crippen LogP contribution in [0, 0.1) is 10.1 Å². The molecule has 1 rings (SSSR count). The van der Waals surface area contributed by atoms with Gasteiger partial charge < -0.3 is 9.47 Å². The Morgan fingerprint density at radius 1 is 1.12 bits per heavy atom. The second-order valence-corrected chi connectivity index (χ2v) is 5.11. The van der Waals surface area contributed by atoms with Gasteiger partial charge in [0.05, 0.1) is 19.1 Å². The van der Waals surface area contributed by atoms with E-state index in [4.69, 9.17) is 9.47 Å². The zero-order chi connectivity index (χ0) is 18.5. The van der Waals surface area contributed by atoms with Gasteiger partial charge in [-0.2, -0.15) is 0 Å². The number of aryl methyl sites for hydroxylation is 1. The van der Waals surface area contributed by atoms with Gasteiger partial charge in [0, 0.05) is 18.1 Å². The van der Waals surface area contributed by atoms with Crippen molar-refractivity contribution in [3.63, 3.8) is 0 Å². The van der Waals surface area contributed by atoms with Crippen LogP contribution in [0.4, 0.5) is 0 Å². The molecule has 0 N–H and O–H groups in total. The molecule has 0 saturated heterocycles. The number of unbranched alkanes of at least 4 members (excludes halogenated alkanes) is 2. The van der Waals surface area contributed by atoms with Crippen molar-refractivity contribution in [1.82, 2.24) is 0 Å². The van der Waals surface area contributed by atoms with Crippen LogP contribution in [0.1, 0.15) is 64.5 Å². The molecule has 0 aliphatic rings. The predicted molar refractivity (Wildman–Crippen MR) is 99.4 cm³/mol. The van der Waals surface area contributed by atoms with Crippen LogP contribution in [0.15, 0.2) is 17.8 Å². The molecule has 1 aromatic carbocycles. The van der Waals surface area contributed by atoms with E-state index in [1.54, 1.807) is 27.2 Å². The molecule has 0 saturated carbocycles. The molecule has 0 atom stereocenters. The third kappa shape index (κ3) is 6.60. The average molecular weight is 337 g/mol. The zero-order valence-electron chi connectivity index (χ0n) is 15.8. The van der Waals surface area contributed by atoms with Crippen LogP contribution in [-0.2, 0) is 6.42 Å². The van der Waals surface area contributed by atoms with Crippen molar-refractivity contribution in [2.45, 2.75) is 59.8 Å². The van der Waals surface area contributed by atoms with Crippen molar-refractivity contribution < 1.29 is 14.4 Å². The number of nitro groups is 1. The number of nitrogens with zero attached hydrogens (tertiary/aromatic N) is 1. The van der Waals surface area contributed by atoms with E-state index < -0.39 is 0 Å². The first-order chi connectivity index (χ1) is 11.6. The SMILES string of the molecule is CC.CCCCCc1cc(OC)c(/C=C(\CC)[N+](=O)[O-])cc1OC. The van der Waals surface area contributed by atoms with Crippen LogP contribution in [-0.4, -0.2) is 19.1 Å². The maximum atomic E-state index is 11.0. The molecule has 0 unspecified atom stereocenters. The van der Waals surface area contributed by atoms with Crippen LogP contribution in [0.2, 0.25) is 0 Å². The van der Waals surface area contributed by atoms with Gasteiger partial charge in [0.15, 0.2) is 0 Å². The van der Waals surface area contributed by atoms with E-state index in [0.29, 0.717) is 17.7 Å². The van der Waals surface area contributed by atoms with Crippen LogP contribution in [0.25, 0.3) is 6.08 Å². The summed E-state index contributed by atoms with van der Waals surface area (Å²) in [4.78, 5) is 10.6. The summed E-state index contributed by atoms with van der Waals surface area (Å²) in [7, 11) is 3.19. The Morgan fingerprint density at radius 3 is 2.21 bits per heavy atom. The lowest BCUT2D eigenvalue weighted by atomic mass is 10.0. The molecule has 0 radical (unpaired) electrons. The third-order valence-corrected chi connectivity index (χ3v) is 3.60. The van der Waals surface area contributed by atoms with Gasteiger partial charge in [0.1, 0.15) is 11.5 Å². The maximum absolute atomic E-state index is 11.0. The smallest absolute Gasteiger partial charge is 0.246 e. The highest BCUT2D eigenvalue weighted by Gasteiger charge is 2.14. The largest absolute Gasteiger partial charge is 0.496 e. The fraction of sp³-hybridized carbons (Fsp3) is 0.579. The molecule has 5 nitrogen and oxygen atoms in total. The lowest BCUT2D eigenvalue weighted by Gasteiger charge is -2.13. The summed E-state index contributed by atoms with van der Waals surface area (Å²) >= 11 is 0. The van der Waals surface area contributed by atoms with Gasteiger partial charge >= 0.3 is 0 Å². The minimum atomic E-state index is -0.360. The van der Waals surface area contributed by atoms with Crippen molar-refractivity contribution >= 4 is 6.08 Å². The third-order valence-electron chi connectivity index (χ3n) is 3.60. The summed E-state index contributed by atoms with van der Waals surface area (Å²) in [5.41, 5.74) is 1.90.